The molecule has 2 aromatic carbocycles. The Labute approximate surface area is 157 Å². The summed E-state index contributed by atoms with van der Waals surface area (Å²) >= 11 is 0. The van der Waals surface area contributed by atoms with E-state index < -0.39 is 22.6 Å². The first-order chi connectivity index (χ1) is 12.8. The van der Waals surface area contributed by atoms with Crippen molar-refractivity contribution >= 4 is 21.7 Å². The van der Waals surface area contributed by atoms with Crippen molar-refractivity contribution in [3.63, 3.8) is 0 Å². The van der Waals surface area contributed by atoms with Crippen LogP contribution in [0.1, 0.15) is 19.4 Å². The fourth-order valence-corrected chi connectivity index (χ4v) is 2.92. The van der Waals surface area contributed by atoms with Gasteiger partial charge in [-0.15, -0.1) is 0 Å². The fourth-order valence-electron chi connectivity index (χ4n) is 2.06. The molecular weight excluding hydrogens is 372 g/mol. The van der Waals surface area contributed by atoms with Crippen LogP contribution in [0.5, 0.6) is 11.5 Å². The Balaban J connectivity index is 2.05. The van der Waals surface area contributed by atoms with E-state index in [9.17, 15) is 13.2 Å². The van der Waals surface area contributed by atoms with Crippen molar-refractivity contribution in [3.05, 3.63) is 54.1 Å². The molecule has 0 aliphatic carbocycles. The van der Waals surface area contributed by atoms with Crippen LogP contribution in [0, 0.1) is 0 Å². The molecule has 0 heterocycles. The van der Waals surface area contributed by atoms with Crippen molar-refractivity contribution in [2.24, 2.45) is 5.10 Å². The topological polar surface area (TPSA) is 114 Å². The smallest absolute Gasteiger partial charge is 0.341 e. The van der Waals surface area contributed by atoms with Gasteiger partial charge < -0.3 is 14.6 Å². The Morgan fingerprint density at radius 1 is 1.04 bits per heavy atom. The number of rotatable bonds is 9. The molecule has 0 radical (unpaired) electrons. The lowest BCUT2D eigenvalue weighted by molar-refractivity contribution is -0.139. The number of ether oxygens (including phenoxy) is 2. The average Bonchev–Trinajstić information content (AvgIpc) is 2.65. The number of hydrogen-bond acceptors (Lipinski definition) is 6. The highest BCUT2D eigenvalue weighted by molar-refractivity contribution is 7.89. The molecule has 2 N–H and O–H groups in total. The zero-order valence-corrected chi connectivity index (χ0v) is 15.7. The maximum atomic E-state index is 12.3. The second kappa shape index (κ2) is 9.04. The number of carboxylic acid groups (broad SMARTS) is 1. The molecule has 0 spiro atoms. The minimum Gasteiger partial charge on any atom is -0.494 e. The molecule has 27 heavy (non-hydrogen) atoms. The van der Waals surface area contributed by atoms with Gasteiger partial charge in [-0.3, -0.25) is 0 Å². The number of nitrogens with zero attached hydrogens (tertiary/aromatic N) is 1. The van der Waals surface area contributed by atoms with Crippen LogP contribution >= 0.6 is 0 Å². The Morgan fingerprint density at radius 2 is 1.59 bits per heavy atom. The van der Waals surface area contributed by atoms with E-state index in [1.807, 2.05) is 6.92 Å². The van der Waals surface area contributed by atoms with Gasteiger partial charge in [-0.2, -0.15) is 18.4 Å². The molecule has 0 fully saturated rings. The molecular formula is C18H20N2O6S. The van der Waals surface area contributed by atoms with Crippen LogP contribution in [0.25, 0.3) is 0 Å². The summed E-state index contributed by atoms with van der Waals surface area (Å²) in [6.07, 6.45) is 0. The lowest BCUT2D eigenvalue weighted by Gasteiger charge is -2.08. The van der Waals surface area contributed by atoms with Crippen molar-refractivity contribution in [3.8, 4) is 11.5 Å². The number of carbonyl (C=O) groups is 1. The third-order valence-corrected chi connectivity index (χ3v) is 4.64. The Bertz CT molecular complexity index is 906. The molecule has 0 aromatic heterocycles. The molecule has 0 amide bonds. The van der Waals surface area contributed by atoms with Gasteiger partial charge in [-0.05, 0) is 67.9 Å². The molecule has 0 aliphatic heterocycles. The number of benzene rings is 2. The summed E-state index contributed by atoms with van der Waals surface area (Å²) < 4.78 is 34.9. The van der Waals surface area contributed by atoms with Crippen molar-refractivity contribution in [2.45, 2.75) is 18.7 Å². The first kappa shape index (κ1) is 20.2. The summed E-state index contributed by atoms with van der Waals surface area (Å²) in [4.78, 5) is 12.7. The van der Waals surface area contributed by atoms with Crippen LogP contribution in [-0.4, -0.2) is 38.4 Å². The van der Waals surface area contributed by atoms with E-state index in [0.717, 1.165) is 0 Å². The van der Waals surface area contributed by atoms with E-state index in [1.54, 1.807) is 43.3 Å². The molecule has 2 rings (SSSR count). The highest BCUT2D eigenvalue weighted by Crippen LogP contribution is 2.16. The summed E-state index contributed by atoms with van der Waals surface area (Å²) in [6, 6.07) is 12.5. The van der Waals surface area contributed by atoms with Gasteiger partial charge >= 0.3 is 5.97 Å². The second-order valence-electron chi connectivity index (χ2n) is 5.40. The van der Waals surface area contributed by atoms with Crippen LogP contribution in [0.2, 0.25) is 0 Å². The van der Waals surface area contributed by atoms with Gasteiger partial charge in [0.05, 0.1) is 17.2 Å². The standard InChI is InChI=1S/C18H20N2O6S/c1-3-25-15-8-10-17(11-9-15)27(23,24)20-19-13(2)14-4-6-16(7-5-14)26-12-18(21)22/h4-11,20H,3,12H2,1-2H3,(H,21,22)/b19-13-. The molecule has 0 bridgehead atoms. The molecule has 0 saturated heterocycles. The molecule has 144 valence electrons. The van der Waals surface area contributed by atoms with E-state index in [-0.39, 0.29) is 4.90 Å². The van der Waals surface area contributed by atoms with Crippen LogP contribution in [0.4, 0.5) is 0 Å². The summed E-state index contributed by atoms with van der Waals surface area (Å²) in [5.41, 5.74) is 1.10. The summed E-state index contributed by atoms with van der Waals surface area (Å²) in [7, 11) is -3.80. The van der Waals surface area contributed by atoms with E-state index >= 15 is 0 Å². The molecule has 0 aliphatic rings. The third-order valence-electron chi connectivity index (χ3n) is 3.41. The third kappa shape index (κ3) is 6.00. The zero-order chi connectivity index (χ0) is 19.9. The predicted octanol–water partition coefficient (Wildman–Crippen LogP) is 2.25. The van der Waals surface area contributed by atoms with Crippen molar-refractivity contribution < 1.29 is 27.8 Å². The minimum atomic E-state index is -3.80. The predicted molar refractivity (Wildman–Crippen MR) is 99.7 cm³/mol. The van der Waals surface area contributed by atoms with E-state index in [4.69, 9.17) is 14.6 Å². The maximum Gasteiger partial charge on any atom is 0.341 e. The first-order valence-corrected chi connectivity index (χ1v) is 9.54. The van der Waals surface area contributed by atoms with Gasteiger partial charge in [0.2, 0.25) is 0 Å². The first-order valence-electron chi connectivity index (χ1n) is 8.06. The lowest BCUT2D eigenvalue weighted by Crippen LogP contribution is -2.20. The SMILES string of the molecule is CCOc1ccc(S(=O)(=O)N/N=C(/C)c2ccc(OCC(=O)O)cc2)cc1. The van der Waals surface area contributed by atoms with Gasteiger partial charge in [0.1, 0.15) is 11.5 Å². The summed E-state index contributed by atoms with van der Waals surface area (Å²) in [5, 5.41) is 12.5. The van der Waals surface area contributed by atoms with Crippen molar-refractivity contribution in [1.29, 1.82) is 0 Å². The zero-order valence-electron chi connectivity index (χ0n) is 14.9. The van der Waals surface area contributed by atoms with Crippen LogP contribution < -0.4 is 14.3 Å². The molecule has 9 heteroatoms. The largest absolute Gasteiger partial charge is 0.494 e. The van der Waals surface area contributed by atoms with Crippen LogP contribution in [0.3, 0.4) is 0 Å². The summed E-state index contributed by atoms with van der Waals surface area (Å²) in [5.74, 6) is -0.0919. The lowest BCUT2D eigenvalue weighted by atomic mass is 10.1. The molecule has 8 nitrogen and oxygen atoms in total. The van der Waals surface area contributed by atoms with Crippen molar-refractivity contribution in [2.75, 3.05) is 13.2 Å². The van der Waals surface area contributed by atoms with Crippen LogP contribution in [0.15, 0.2) is 58.5 Å². The van der Waals surface area contributed by atoms with Crippen molar-refractivity contribution in [1.82, 2.24) is 4.83 Å². The van der Waals surface area contributed by atoms with Gasteiger partial charge in [0, 0.05) is 0 Å². The van der Waals surface area contributed by atoms with Gasteiger partial charge in [-0.1, -0.05) is 0 Å². The quantitative estimate of drug-likeness (QED) is 0.500. The minimum absolute atomic E-state index is 0.0694. The molecule has 0 atom stereocenters. The average molecular weight is 392 g/mol. The number of hydrazone groups is 1. The normalized spacial score (nSPS) is 11.7. The Kier molecular flexibility index (Phi) is 6.78. The van der Waals surface area contributed by atoms with Gasteiger partial charge in [0.25, 0.3) is 10.0 Å². The highest BCUT2D eigenvalue weighted by Gasteiger charge is 2.13. The van der Waals surface area contributed by atoms with E-state index in [2.05, 4.69) is 9.93 Å². The van der Waals surface area contributed by atoms with E-state index in [1.165, 1.54) is 12.1 Å². The molecule has 0 saturated carbocycles. The highest BCUT2D eigenvalue weighted by atomic mass is 32.2. The number of aliphatic carboxylic acids is 1. The number of hydrogen-bond donors (Lipinski definition) is 2. The summed E-state index contributed by atoms with van der Waals surface area (Å²) in [6.45, 7) is 3.55. The van der Waals surface area contributed by atoms with E-state index in [0.29, 0.717) is 29.4 Å². The maximum absolute atomic E-state index is 12.3. The Hall–Kier alpha value is -3.07. The van der Waals surface area contributed by atoms with Gasteiger partial charge in [-0.25, -0.2) is 4.79 Å². The molecule has 0 unspecified atom stereocenters. The number of sulfonamides is 1. The Morgan fingerprint density at radius 3 is 2.15 bits per heavy atom. The van der Waals surface area contributed by atoms with Gasteiger partial charge in [0.15, 0.2) is 6.61 Å². The van der Waals surface area contributed by atoms with Crippen LogP contribution in [-0.2, 0) is 14.8 Å². The monoisotopic (exact) mass is 392 g/mol. The number of carboxylic acids is 1. The second-order valence-corrected chi connectivity index (χ2v) is 7.06. The fraction of sp³-hybridized carbons (Fsp3) is 0.222. The molecule has 2 aromatic rings. The number of nitrogens with one attached hydrogen (secondary N) is 1.